The van der Waals surface area contributed by atoms with Gasteiger partial charge in [0.1, 0.15) is 11.3 Å². The number of hydrogen-bond donors (Lipinski definition) is 2. The van der Waals surface area contributed by atoms with Crippen LogP contribution in [0.3, 0.4) is 0 Å². The van der Waals surface area contributed by atoms with E-state index in [1.165, 1.54) is 12.1 Å². The van der Waals surface area contributed by atoms with Crippen LogP contribution in [0.15, 0.2) is 54.6 Å². The number of nitrogens with two attached hydrogens (primary N) is 1. The Hall–Kier alpha value is -3.94. The molecule has 2 aromatic carbocycles. The van der Waals surface area contributed by atoms with Gasteiger partial charge in [-0.05, 0) is 48.5 Å². The van der Waals surface area contributed by atoms with Crippen molar-refractivity contribution >= 4 is 28.5 Å². The number of pyridine rings is 1. The molecule has 7 nitrogen and oxygen atoms in total. The van der Waals surface area contributed by atoms with Crippen molar-refractivity contribution in [3.05, 3.63) is 60.4 Å². The fraction of sp³-hybridized carbons (Fsp3) is 0.0952. The lowest BCUT2D eigenvalue weighted by atomic mass is 10.1. The Morgan fingerprint density at radius 2 is 1.72 bits per heavy atom. The molecule has 4 aromatic rings. The zero-order chi connectivity index (χ0) is 20.4. The average molecular weight is 391 g/mol. The highest BCUT2D eigenvalue weighted by Gasteiger charge is 2.12. The summed E-state index contributed by atoms with van der Waals surface area (Å²) in [5.41, 5.74) is 8.96. The number of methoxy groups -OCH3 is 2. The molecule has 0 bridgehead atoms. The number of nitrogens with zero attached hydrogens (tertiary/aromatic N) is 3. The molecule has 0 saturated carbocycles. The van der Waals surface area contributed by atoms with Gasteiger partial charge in [0.05, 0.1) is 25.4 Å². The maximum absolute atomic E-state index is 13.5. The van der Waals surface area contributed by atoms with Crippen LogP contribution in [0, 0.1) is 5.82 Å². The molecule has 0 aliphatic heterocycles. The number of fused-ring (bicyclic) bond motifs is 1. The topological polar surface area (TPSA) is 95.2 Å². The van der Waals surface area contributed by atoms with Crippen LogP contribution in [0.2, 0.25) is 0 Å². The average Bonchev–Trinajstić information content (AvgIpc) is 2.73. The second-order valence-electron chi connectivity index (χ2n) is 6.20. The Bertz CT molecular complexity index is 1200. The molecule has 0 unspecified atom stereocenters. The molecule has 2 heterocycles. The van der Waals surface area contributed by atoms with E-state index in [0.717, 1.165) is 5.56 Å². The molecule has 4 rings (SSSR count). The van der Waals surface area contributed by atoms with Gasteiger partial charge >= 0.3 is 0 Å². The van der Waals surface area contributed by atoms with Gasteiger partial charge in [-0.15, -0.1) is 0 Å². The van der Waals surface area contributed by atoms with Gasteiger partial charge in [0.15, 0.2) is 17.3 Å². The van der Waals surface area contributed by atoms with Crippen molar-refractivity contribution in [1.82, 2.24) is 15.0 Å². The first-order chi connectivity index (χ1) is 14.1. The first-order valence-corrected chi connectivity index (χ1v) is 8.76. The summed E-state index contributed by atoms with van der Waals surface area (Å²) in [7, 11) is 3.16. The number of nitrogen functional groups attached to an aromatic ring is 1. The van der Waals surface area contributed by atoms with Crippen molar-refractivity contribution in [3.63, 3.8) is 0 Å². The van der Waals surface area contributed by atoms with Crippen LogP contribution < -0.4 is 20.5 Å². The smallest absolute Gasteiger partial charge is 0.222 e. The molecular formula is C21H18FN5O2. The number of nitrogens with one attached hydrogen (secondary N) is 1. The highest BCUT2D eigenvalue weighted by molar-refractivity contribution is 5.90. The number of hydrogen-bond acceptors (Lipinski definition) is 7. The van der Waals surface area contributed by atoms with Gasteiger partial charge in [-0.25, -0.2) is 14.4 Å². The van der Waals surface area contributed by atoms with Crippen molar-refractivity contribution in [2.45, 2.75) is 0 Å². The third-order valence-corrected chi connectivity index (χ3v) is 4.33. The van der Waals surface area contributed by atoms with Crippen LogP contribution in [0.4, 0.5) is 21.8 Å². The van der Waals surface area contributed by atoms with Crippen LogP contribution in [-0.4, -0.2) is 29.2 Å². The molecule has 0 aliphatic rings. The molecule has 3 N–H and O–H groups in total. The zero-order valence-corrected chi connectivity index (χ0v) is 15.8. The fourth-order valence-electron chi connectivity index (χ4n) is 2.98. The van der Waals surface area contributed by atoms with Crippen LogP contribution in [0.1, 0.15) is 0 Å². The van der Waals surface area contributed by atoms with Crippen LogP contribution >= 0.6 is 0 Å². The van der Waals surface area contributed by atoms with Gasteiger partial charge in [0.2, 0.25) is 5.95 Å². The quantitative estimate of drug-likeness (QED) is 0.527. The summed E-state index contributed by atoms with van der Waals surface area (Å²) in [4.78, 5) is 13.2. The molecule has 0 spiro atoms. The van der Waals surface area contributed by atoms with E-state index in [-0.39, 0.29) is 11.8 Å². The van der Waals surface area contributed by atoms with E-state index in [2.05, 4.69) is 15.3 Å². The molecule has 146 valence electrons. The minimum atomic E-state index is -0.361. The molecule has 0 aliphatic carbocycles. The number of halogens is 1. The predicted molar refractivity (Wildman–Crippen MR) is 110 cm³/mol. The van der Waals surface area contributed by atoms with E-state index in [1.54, 1.807) is 26.4 Å². The Labute approximate surface area is 166 Å². The molecular weight excluding hydrogens is 373 g/mol. The van der Waals surface area contributed by atoms with Gasteiger partial charge in [0, 0.05) is 11.3 Å². The van der Waals surface area contributed by atoms with Crippen molar-refractivity contribution < 1.29 is 13.9 Å². The van der Waals surface area contributed by atoms with E-state index in [1.807, 2.05) is 30.3 Å². The maximum Gasteiger partial charge on any atom is 0.222 e. The SMILES string of the molecule is COc1ccc(-c2ccc3nc(N)nc(Nc4cccc(F)c4)c3n2)cc1OC. The van der Waals surface area contributed by atoms with E-state index < -0.39 is 0 Å². The lowest BCUT2D eigenvalue weighted by Gasteiger charge is -2.12. The summed E-state index contributed by atoms with van der Waals surface area (Å²) in [6.45, 7) is 0. The third kappa shape index (κ3) is 3.73. The van der Waals surface area contributed by atoms with Gasteiger partial charge < -0.3 is 20.5 Å². The van der Waals surface area contributed by atoms with Crippen molar-refractivity contribution in [2.24, 2.45) is 0 Å². The number of aromatic nitrogens is 3. The number of ether oxygens (including phenoxy) is 2. The highest BCUT2D eigenvalue weighted by Crippen LogP contribution is 2.33. The number of anilines is 3. The summed E-state index contributed by atoms with van der Waals surface area (Å²) in [6.07, 6.45) is 0. The minimum absolute atomic E-state index is 0.0945. The Morgan fingerprint density at radius 3 is 2.48 bits per heavy atom. The predicted octanol–water partition coefficient (Wildman–Crippen LogP) is 4.17. The van der Waals surface area contributed by atoms with Gasteiger partial charge in [0.25, 0.3) is 0 Å². The molecule has 0 fully saturated rings. The number of benzene rings is 2. The largest absolute Gasteiger partial charge is 0.493 e. The summed E-state index contributed by atoms with van der Waals surface area (Å²) in [6, 6.07) is 15.2. The summed E-state index contributed by atoms with van der Waals surface area (Å²) in [5.74, 6) is 1.35. The van der Waals surface area contributed by atoms with Gasteiger partial charge in [-0.2, -0.15) is 4.98 Å². The lowest BCUT2D eigenvalue weighted by Crippen LogP contribution is -2.03. The third-order valence-electron chi connectivity index (χ3n) is 4.33. The van der Waals surface area contributed by atoms with Crippen LogP contribution in [-0.2, 0) is 0 Å². The van der Waals surface area contributed by atoms with Gasteiger partial charge in [-0.3, -0.25) is 0 Å². The lowest BCUT2D eigenvalue weighted by molar-refractivity contribution is 0.355. The monoisotopic (exact) mass is 391 g/mol. The van der Waals surface area contributed by atoms with Crippen LogP contribution in [0.25, 0.3) is 22.3 Å². The number of rotatable bonds is 5. The zero-order valence-electron chi connectivity index (χ0n) is 15.8. The van der Waals surface area contributed by atoms with Crippen molar-refractivity contribution in [2.75, 3.05) is 25.3 Å². The Kier molecular flexibility index (Phi) is 4.82. The van der Waals surface area contributed by atoms with Gasteiger partial charge in [-0.1, -0.05) is 6.07 Å². The summed E-state index contributed by atoms with van der Waals surface area (Å²) >= 11 is 0. The summed E-state index contributed by atoms with van der Waals surface area (Å²) in [5, 5.41) is 3.07. The van der Waals surface area contributed by atoms with E-state index >= 15 is 0 Å². The van der Waals surface area contributed by atoms with Crippen LogP contribution in [0.5, 0.6) is 11.5 Å². The molecule has 8 heteroatoms. The van der Waals surface area contributed by atoms with Crippen molar-refractivity contribution in [3.8, 4) is 22.8 Å². The van der Waals surface area contributed by atoms with E-state index in [4.69, 9.17) is 20.2 Å². The Morgan fingerprint density at radius 1 is 0.897 bits per heavy atom. The molecule has 0 saturated heterocycles. The highest BCUT2D eigenvalue weighted by atomic mass is 19.1. The summed E-state index contributed by atoms with van der Waals surface area (Å²) < 4.78 is 24.2. The first-order valence-electron chi connectivity index (χ1n) is 8.76. The molecule has 2 aromatic heterocycles. The van der Waals surface area contributed by atoms with E-state index in [9.17, 15) is 4.39 Å². The fourth-order valence-corrected chi connectivity index (χ4v) is 2.98. The Balaban J connectivity index is 1.81. The molecule has 0 atom stereocenters. The normalized spacial score (nSPS) is 10.7. The first kappa shape index (κ1) is 18.4. The van der Waals surface area contributed by atoms with Crippen molar-refractivity contribution in [1.29, 1.82) is 0 Å². The molecule has 0 radical (unpaired) electrons. The minimum Gasteiger partial charge on any atom is -0.493 e. The second-order valence-corrected chi connectivity index (χ2v) is 6.20. The maximum atomic E-state index is 13.5. The standard InChI is InChI=1S/C21H18FN5O2/c1-28-17-9-6-12(10-18(17)29-2)15-7-8-16-19(25-15)20(27-21(23)26-16)24-14-5-3-4-13(22)11-14/h3-11H,1-2H3,(H3,23,24,26,27). The van der Waals surface area contributed by atoms with E-state index in [0.29, 0.717) is 39.7 Å². The second kappa shape index (κ2) is 7.59. The molecule has 0 amide bonds. The molecule has 29 heavy (non-hydrogen) atoms.